The first kappa shape index (κ1) is 21.0. The van der Waals surface area contributed by atoms with Crippen LogP contribution in [0, 0.1) is 23.2 Å². The van der Waals surface area contributed by atoms with Crippen LogP contribution in [-0.4, -0.2) is 71.8 Å². The molecular formula is C25H40N2O3. The van der Waals surface area contributed by atoms with Gasteiger partial charge in [0.1, 0.15) is 6.10 Å². The summed E-state index contributed by atoms with van der Waals surface area (Å²) in [6.07, 6.45) is 11.6. The molecule has 6 unspecified atom stereocenters. The maximum absolute atomic E-state index is 12.9. The molecule has 5 rings (SSSR count). The molecule has 6 atom stereocenters. The molecule has 3 aliphatic carbocycles. The molecule has 2 saturated heterocycles. The standard InChI is InChI=1S/C25H40N2O3/c1-17-7-6-8-18-15-21-22(23(28)25(17,18)2)20(24(29)30-21)16-26-11-13-27(14-12-26)19-9-4-3-5-10-19/h8,17,19-23,28H,3-7,9-16H2,1-2H3. The van der Waals surface area contributed by atoms with Crippen molar-refractivity contribution < 1.29 is 14.6 Å². The zero-order chi connectivity index (χ0) is 20.9. The highest BCUT2D eigenvalue weighted by molar-refractivity contribution is 5.76. The van der Waals surface area contributed by atoms with Gasteiger partial charge in [0.25, 0.3) is 0 Å². The molecule has 1 N–H and O–H groups in total. The summed E-state index contributed by atoms with van der Waals surface area (Å²) >= 11 is 0. The van der Waals surface area contributed by atoms with Gasteiger partial charge in [0.15, 0.2) is 0 Å². The minimum absolute atomic E-state index is 0.0587. The Morgan fingerprint density at radius 1 is 1.13 bits per heavy atom. The van der Waals surface area contributed by atoms with E-state index >= 15 is 0 Å². The van der Waals surface area contributed by atoms with Crippen molar-refractivity contribution in [1.82, 2.24) is 9.80 Å². The topological polar surface area (TPSA) is 53.0 Å². The van der Waals surface area contributed by atoms with Crippen LogP contribution >= 0.6 is 0 Å². The van der Waals surface area contributed by atoms with Crippen molar-refractivity contribution in [3.63, 3.8) is 0 Å². The van der Waals surface area contributed by atoms with E-state index in [2.05, 4.69) is 29.7 Å². The summed E-state index contributed by atoms with van der Waals surface area (Å²) in [4.78, 5) is 18.0. The summed E-state index contributed by atoms with van der Waals surface area (Å²) in [6, 6.07) is 0.778. The molecule has 2 aliphatic heterocycles. The number of rotatable bonds is 3. The third-order valence-corrected chi connectivity index (χ3v) is 9.52. The van der Waals surface area contributed by atoms with Gasteiger partial charge in [0.2, 0.25) is 0 Å². The smallest absolute Gasteiger partial charge is 0.311 e. The molecule has 5 aliphatic rings. The van der Waals surface area contributed by atoms with E-state index in [1.165, 1.54) is 37.7 Å². The van der Waals surface area contributed by atoms with Gasteiger partial charge >= 0.3 is 5.97 Å². The second-order valence-electron chi connectivity index (χ2n) is 10.9. The number of carbonyl (C=O) groups excluding carboxylic acids is 1. The maximum Gasteiger partial charge on any atom is 0.311 e. The Morgan fingerprint density at radius 3 is 2.60 bits per heavy atom. The van der Waals surface area contributed by atoms with Crippen molar-refractivity contribution in [2.45, 2.75) is 83.5 Å². The van der Waals surface area contributed by atoms with Crippen LogP contribution in [0.3, 0.4) is 0 Å². The first-order chi connectivity index (χ1) is 14.5. The lowest BCUT2D eigenvalue weighted by molar-refractivity contribution is -0.145. The van der Waals surface area contributed by atoms with Crippen molar-refractivity contribution in [2.24, 2.45) is 23.2 Å². The lowest BCUT2D eigenvalue weighted by Crippen LogP contribution is -2.56. The van der Waals surface area contributed by atoms with Crippen LogP contribution in [0.2, 0.25) is 0 Å². The molecule has 0 aromatic carbocycles. The molecule has 2 heterocycles. The maximum atomic E-state index is 12.9. The minimum Gasteiger partial charge on any atom is -0.461 e. The first-order valence-corrected chi connectivity index (χ1v) is 12.5. The molecule has 0 aromatic rings. The van der Waals surface area contributed by atoms with E-state index in [1.54, 1.807) is 0 Å². The van der Waals surface area contributed by atoms with E-state index in [1.807, 2.05) is 0 Å². The monoisotopic (exact) mass is 416 g/mol. The lowest BCUT2D eigenvalue weighted by Gasteiger charge is -2.52. The van der Waals surface area contributed by atoms with Crippen LogP contribution in [0.15, 0.2) is 11.6 Å². The minimum atomic E-state index is -0.488. The SMILES string of the molecule is CC1CCC=C2CC3OC(=O)C(CN4CCN(C5CCCCC5)CC4)C3C(O)C21C. The molecule has 168 valence electrons. The molecule has 0 aromatic heterocycles. The summed E-state index contributed by atoms with van der Waals surface area (Å²) in [5.41, 5.74) is 1.12. The third-order valence-electron chi connectivity index (χ3n) is 9.52. The van der Waals surface area contributed by atoms with Gasteiger partial charge in [-0.25, -0.2) is 0 Å². The summed E-state index contributed by atoms with van der Waals surface area (Å²) in [6.45, 7) is 9.55. The van der Waals surface area contributed by atoms with Crippen LogP contribution in [0.4, 0.5) is 0 Å². The number of hydrogen-bond acceptors (Lipinski definition) is 5. The van der Waals surface area contributed by atoms with E-state index in [-0.39, 0.29) is 29.3 Å². The molecule has 4 fully saturated rings. The molecule has 0 spiro atoms. The quantitative estimate of drug-likeness (QED) is 0.566. The fourth-order valence-electron chi connectivity index (χ4n) is 7.31. The number of fused-ring (bicyclic) bond motifs is 2. The molecule has 0 amide bonds. The molecule has 30 heavy (non-hydrogen) atoms. The van der Waals surface area contributed by atoms with Gasteiger partial charge in [0, 0.05) is 56.5 Å². The highest BCUT2D eigenvalue weighted by Crippen LogP contribution is 2.56. The Bertz CT molecular complexity index is 680. The number of hydrogen-bond donors (Lipinski definition) is 1. The van der Waals surface area contributed by atoms with E-state index in [4.69, 9.17) is 4.74 Å². The number of nitrogens with zero attached hydrogens (tertiary/aromatic N) is 2. The van der Waals surface area contributed by atoms with E-state index in [9.17, 15) is 9.90 Å². The van der Waals surface area contributed by atoms with Gasteiger partial charge in [-0.2, -0.15) is 0 Å². The van der Waals surface area contributed by atoms with Crippen molar-refractivity contribution in [3.8, 4) is 0 Å². The van der Waals surface area contributed by atoms with Crippen LogP contribution in [0.25, 0.3) is 0 Å². The number of allylic oxidation sites excluding steroid dienone is 1. The molecule has 0 bridgehead atoms. The van der Waals surface area contributed by atoms with Crippen molar-refractivity contribution in [1.29, 1.82) is 0 Å². The molecule has 5 nitrogen and oxygen atoms in total. The van der Waals surface area contributed by atoms with E-state index in [0.717, 1.165) is 58.0 Å². The van der Waals surface area contributed by atoms with Crippen molar-refractivity contribution in [3.05, 3.63) is 11.6 Å². The number of ether oxygens (including phenoxy) is 1. The fourth-order valence-corrected chi connectivity index (χ4v) is 7.31. The predicted octanol–water partition coefficient (Wildman–Crippen LogP) is 3.22. The number of aliphatic hydroxyl groups excluding tert-OH is 1. The summed E-state index contributed by atoms with van der Waals surface area (Å²) in [7, 11) is 0. The van der Waals surface area contributed by atoms with Crippen LogP contribution < -0.4 is 0 Å². The van der Waals surface area contributed by atoms with Gasteiger partial charge in [-0.05, 0) is 31.6 Å². The molecule has 5 heteroatoms. The third kappa shape index (κ3) is 3.45. The van der Waals surface area contributed by atoms with Crippen LogP contribution in [-0.2, 0) is 9.53 Å². The summed E-state index contributed by atoms with van der Waals surface area (Å²) < 4.78 is 5.86. The Kier molecular flexibility index (Phi) is 5.74. The largest absolute Gasteiger partial charge is 0.461 e. The van der Waals surface area contributed by atoms with Crippen molar-refractivity contribution >= 4 is 5.97 Å². The van der Waals surface area contributed by atoms with E-state index < -0.39 is 6.10 Å². The fraction of sp³-hybridized carbons (Fsp3) is 0.880. The van der Waals surface area contributed by atoms with Crippen LogP contribution in [0.5, 0.6) is 0 Å². The second-order valence-corrected chi connectivity index (χ2v) is 10.9. The lowest BCUT2D eigenvalue weighted by atomic mass is 9.55. The Hall–Kier alpha value is -0.910. The van der Waals surface area contributed by atoms with E-state index in [0.29, 0.717) is 5.92 Å². The molecule has 0 radical (unpaired) electrons. The molecule has 2 saturated carbocycles. The average molecular weight is 417 g/mol. The normalized spacial score (nSPS) is 43.6. The number of carbonyl (C=O) groups is 1. The first-order valence-electron chi connectivity index (χ1n) is 12.5. The van der Waals surface area contributed by atoms with Gasteiger partial charge in [-0.15, -0.1) is 0 Å². The Morgan fingerprint density at radius 2 is 1.87 bits per heavy atom. The second kappa shape index (κ2) is 8.22. The highest BCUT2D eigenvalue weighted by atomic mass is 16.6. The van der Waals surface area contributed by atoms with Gasteiger partial charge in [-0.1, -0.05) is 44.8 Å². The van der Waals surface area contributed by atoms with Gasteiger partial charge in [-0.3, -0.25) is 14.6 Å². The molecular weight excluding hydrogens is 376 g/mol. The predicted molar refractivity (Wildman–Crippen MR) is 117 cm³/mol. The zero-order valence-corrected chi connectivity index (χ0v) is 18.9. The number of aliphatic hydroxyl groups is 1. The Labute approximate surface area is 181 Å². The zero-order valence-electron chi connectivity index (χ0n) is 18.9. The van der Waals surface area contributed by atoms with Gasteiger partial charge < -0.3 is 9.84 Å². The van der Waals surface area contributed by atoms with Crippen molar-refractivity contribution in [2.75, 3.05) is 32.7 Å². The average Bonchev–Trinajstić information content (AvgIpc) is 3.07. The number of esters is 1. The van der Waals surface area contributed by atoms with Crippen LogP contribution in [0.1, 0.15) is 65.2 Å². The van der Waals surface area contributed by atoms with Gasteiger partial charge in [0.05, 0.1) is 12.0 Å². The summed E-state index contributed by atoms with van der Waals surface area (Å²) in [5.74, 6) is 0.133. The highest BCUT2D eigenvalue weighted by Gasteiger charge is 2.59. The number of piperazine rings is 1. The Balaban J connectivity index is 1.25. The summed E-state index contributed by atoms with van der Waals surface area (Å²) in [5, 5.41) is 11.5.